The molecule has 0 saturated heterocycles. The third kappa shape index (κ3) is 7.77. The first-order chi connectivity index (χ1) is 17.5. The van der Waals surface area contributed by atoms with Crippen LogP contribution < -0.4 is 5.32 Å². The monoisotopic (exact) mass is 546 g/mol. The molecule has 0 aliphatic rings. The third-order valence-electron chi connectivity index (χ3n) is 6.19. The topological polar surface area (TPSA) is 98.5 Å². The molecular weight excluding hydrogens is 508 g/mol. The minimum absolute atomic E-state index is 0.0132. The second-order valence-corrected chi connectivity index (χ2v) is 14.1. The molecule has 10 heteroatoms. The van der Waals surface area contributed by atoms with Gasteiger partial charge in [0.2, 0.25) is 5.91 Å². The molecule has 202 valence electrons. The van der Waals surface area contributed by atoms with Crippen LogP contribution in [0.2, 0.25) is 17.6 Å². The van der Waals surface area contributed by atoms with E-state index in [0.29, 0.717) is 54.3 Å². The third-order valence-corrected chi connectivity index (χ3v) is 9.48. The summed E-state index contributed by atoms with van der Waals surface area (Å²) < 4.78 is 11.7. The Bertz CT molecular complexity index is 1220. The van der Waals surface area contributed by atoms with Crippen molar-refractivity contribution < 1.29 is 18.8 Å². The molecular formula is C27H39ClN4O4Si. The summed E-state index contributed by atoms with van der Waals surface area (Å²) in [4.78, 5) is 14.0. The van der Waals surface area contributed by atoms with Crippen molar-refractivity contribution in [3.05, 3.63) is 46.5 Å². The standard InChI is InChI=1S/C27H39ClN4O4Si/c1-7-35-37(6,36-8-2)15-9-14-29-25(33)13-10-19-16-21(27(3,4)5)26(34)24(17-19)32-30-22-12-11-20(28)18-23(22)31-32/h11-12,16-18,34H,7-10,13-15H2,1-6H3,(H,29,33). The van der Waals surface area contributed by atoms with Crippen LogP contribution in [0.25, 0.3) is 16.7 Å². The number of aryl methyl sites for hydroxylation is 1. The van der Waals surface area contributed by atoms with Crippen LogP contribution in [-0.2, 0) is 25.5 Å². The largest absolute Gasteiger partial charge is 0.505 e. The van der Waals surface area contributed by atoms with Crippen LogP contribution in [-0.4, -0.2) is 54.3 Å². The second kappa shape index (κ2) is 12.4. The smallest absolute Gasteiger partial charge is 0.334 e. The zero-order valence-electron chi connectivity index (χ0n) is 22.7. The number of benzene rings is 2. The van der Waals surface area contributed by atoms with E-state index in [1.54, 1.807) is 18.2 Å². The number of rotatable bonds is 12. The second-order valence-electron chi connectivity index (χ2n) is 10.3. The number of nitrogens with one attached hydrogen (secondary N) is 1. The quantitative estimate of drug-likeness (QED) is 0.224. The summed E-state index contributed by atoms with van der Waals surface area (Å²) in [5.74, 6) is 0.114. The Labute approximate surface area is 225 Å². The van der Waals surface area contributed by atoms with Gasteiger partial charge in [0, 0.05) is 36.8 Å². The van der Waals surface area contributed by atoms with Crippen LogP contribution in [0.4, 0.5) is 0 Å². The molecule has 2 aromatic carbocycles. The van der Waals surface area contributed by atoms with Crippen molar-refractivity contribution in [3.8, 4) is 11.4 Å². The molecule has 0 spiro atoms. The van der Waals surface area contributed by atoms with Crippen molar-refractivity contribution in [2.75, 3.05) is 19.8 Å². The molecule has 8 nitrogen and oxygen atoms in total. The molecule has 0 bridgehead atoms. The lowest BCUT2D eigenvalue weighted by molar-refractivity contribution is -0.121. The van der Waals surface area contributed by atoms with E-state index in [-0.39, 0.29) is 17.1 Å². The van der Waals surface area contributed by atoms with Crippen LogP contribution in [0.1, 0.15) is 58.6 Å². The van der Waals surface area contributed by atoms with Gasteiger partial charge in [0.15, 0.2) is 0 Å². The SMILES string of the molecule is CCO[Si](C)(CCCNC(=O)CCc1cc(-n2nc3ccc(Cl)cc3n2)c(O)c(C(C)(C)C)c1)OCC. The van der Waals surface area contributed by atoms with E-state index in [9.17, 15) is 9.90 Å². The molecule has 1 amide bonds. The highest BCUT2D eigenvalue weighted by Gasteiger charge is 2.30. The molecule has 0 fully saturated rings. The molecule has 1 heterocycles. The molecule has 0 saturated carbocycles. The van der Waals surface area contributed by atoms with E-state index in [0.717, 1.165) is 23.6 Å². The van der Waals surface area contributed by atoms with E-state index >= 15 is 0 Å². The van der Waals surface area contributed by atoms with Crippen molar-refractivity contribution in [1.29, 1.82) is 0 Å². The number of amides is 1. The van der Waals surface area contributed by atoms with Crippen LogP contribution in [0, 0.1) is 0 Å². The van der Waals surface area contributed by atoms with Gasteiger partial charge in [-0.1, -0.05) is 38.4 Å². The molecule has 0 atom stereocenters. The molecule has 37 heavy (non-hydrogen) atoms. The summed E-state index contributed by atoms with van der Waals surface area (Å²) in [5.41, 5.74) is 3.19. The summed E-state index contributed by atoms with van der Waals surface area (Å²) in [5, 5.41) is 23.8. The fourth-order valence-corrected chi connectivity index (χ4v) is 6.90. The summed E-state index contributed by atoms with van der Waals surface area (Å²) in [6, 6.07) is 9.94. The van der Waals surface area contributed by atoms with E-state index in [1.165, 1.54) is 4.80 Å². The maximum atomic E-state index is 12.6. The zero-order chi connectivity index (χ0) is 27.2. The Hall–Kier alpha value is -2.46. The number of carbonyl (C=O) groups is 1. The van der Waals surface area contributed by atoms with Gasteiger partial charge in [0.25, 0.3) is 0 Å². The number of fused-ring (bicyclic) bond motifs is 1. The van der Waals surface area contributed by atoms with Crippen molar-refractivity contribution in [2.45, 2.75) is 71.9 Å². The number of nitrogens with zero attached hydrogens (tertiary/aromatic N) is 3. The molecule has 0 radical (unpaired) electrons. The number of aromatic nitrogens is 3. The first kappa shape index (κ1) is 29.1. The summed E-state index contributed by atoms with van der Waals surface area (Å²) in [7, 11) is -2.17. The fraction of sp³-hybridized carbons (Fsp3) is 0.519. The van der Waals surface area contributed by atoms with Gasteiger partial charge in [0.1, 0.15) is 22.5 Å². The molecule has 3 rings (SSSR count). The van der Waals surface area contributed by atoms with E-state index in [2.05, 4.69) is 22.1 Å². The van der Waals surface area contributed by atoms with Gasteiger partial charge in [-0.2, -0.15) is 0 Å². The number of carbonyl (C=O) groups excluding carboxylic acids is 1. The lowest BCUT2D eigenvalue weighted by Crippen LogP contribution is -2.39. The Morgan fingerprint density at radius 2 is 1.78 bits per heavy atom. The number of halogens is 1. The lowest BCUT2D eigenvalue weighted by Gasteiger charge is -2.25. The number of phenols is 1. The summed E-state index contributed by atoms with van der Waals surface area (Å²) >= 11 is 6.11. The molecule has 1 aromatic heterocycles. The Kier molecular flexibility index (Phi) is 9.74. The maximum absolute atomic E-state index is 12.6. The van der Waals surface area contributed by atoms with Crippen molar-refractivity contribution in [1.82, 2.24) is 20.3 Å². The number of aromatic hydroxyl groups is 1. The van der Waals surface area contributed by atoms with Gasteiger partial charge in [-0.05, 0) is 74.5 Å². The summed E-state index contributed by atoms with van der Waals surface area (Å²) in [6.45, 7) is 14.0. The average Bonchev–Trinajstić information content (AvgIpc) is 3.23. The maximum Gasteiger partial charge on any atom is 0.334 e. The van der Waals surface area contributed by atoms with E-state index in [1.807, 2.05) is 46.8 Å². The lowest BCUT2D eigenvalue weighted by atomic mass is 9.84. The molecule has 0 aliphatic heterocycles. The first-order valence-electron chi connectivity index (χ1n) is 12.9. The van der Waals surface area contributed by atoms with E-state index < -0.39 is 8.56 Å². The minimum atomic E-state index is -2.17. The van der Waals surface area contributed by atoms with Crippen molar-refractivity contribution in [2.24, 2.45) is 0 Å². The van der Waals surface area contributed by atoms with Crippen LogP contribution in [0.3, 0.4) is 0 Å². The van der Waals surface area contributed by atoms with E-state index in [4.69, 9.17) is 20.5 Å². The van der Waals surface area contributed by atoms with Gasteiger partial charge in [-0.3, -0.25) is 4.79 Å². The molecule has 2 N–H and O–H groups in total. The van der Waals surface area contributed by atoms with Crippen LogP contribution in [0.5, 0.6) is 5.75 Å². The van der Waals surface area contributed by atoms with Gasteiger partial charge >= 0.3 is 8.56 Å². The Balaban J connectivity index is 1.70. The van der Waals surface area contributed by atoms with Gasteiger partial charge < -0.3 is 19.3 Å². The number of phenolic OH excluding ortho intramolecular Hbond substituents is 1. The zero-order valence-corrected chi connectivity index (χ0v) is 24.5. The van der Waals surface area contributed by atoms with Gasteiger partial charge in [-0.15, -0.1) is 15.0 Å². The highest BCUT2D eigenvalue weighted by Crippen LogP contribution is 2.36. The predicted octanol–water partition coefficient (Wildman–Crippen LogP) is 5.66. The highest BCUT2D eigenvalue weighted by atomic mass is 35.5. The highest BCUT2D eigenvalue weighted by molar-refractivity contribution is 6.66. The van der Waals surface area contributed by atoms with Gasteiger partial charge in [-0.25, -0.2) is 0 Å². The average molecular weight is 547 g/mol. The van der Waals surface area contributed by atoms with Crippen LogP contribution in [0.15, 0.2) is 30.3 Å². The van der Waals surface area contributed by atoms with Crippen molar-refractivity contribution in [3.63, 3.8) is 0 Å². The van der Waals surface area contributed by atoms with Crippen molar-refractivity contribution >= 4 is 37.1 Å². The fourth-order valence-electron chi connectivity index (χ4n) is 4.32. The first-order valence-corrected chi connectivity index (χ1v) is 15.8. The molecule has 0 unspecified atom stereocenters. The van der Waals surface area contributed by atoms with Crippen LogP contribution >= 0.6 is 11.6 Å². The minimum Gasteiger partial charge on any atom is -0.505 e. The Morgan fingerprint density at radius 3 is 2.43 bits per heavy atom. The summed E-state index contributed by atoms with van der Waals surface area (Å²) in [6.07, 6.45) is 1.68. The number of hydrogen-bond donors (Lipinski definition) is 2. The van der Waals surface area contributed by atoms with Gasteiger partial charge in [0.05, 0.1) is 0 Å². The molecule has 0 aliphatic carbocycles. The number of hydrogen-bond acceptors (Lipinski definition) is 6. The predicted molar refractivity (Wildman–Crippen MR) is 150 cm³/mol. The molecule has 3 aromatic rings. The Morgan fingerprint density at radius 1 is 1.11 bits per heavy atom. The normalized spacial score (nSPS) is 12.3.